The standard InChI is InChI=1S/C33H36N8O2/c1-33(2)20-40(32(43-33)22-5-6-22)27-11-28(31-24(12-34)15-37-41(31)19-27)23-7-8-29(35-14-23)38-17-25-10-26(18-38)39(25)16-21-4-9-30(42-3)36-13-21/h4,7-9,11,13-15,19,22,25-26,32H,5-6,10,16-18,20H2,1-3H3. The molecule has 8 heterocycles. The number of ether oxygens (including phenoxy) is 2. The smallest absolute Gasteiger partial charge is 0.212 e. The zero-order chi connectivity index (χ0) is 29.3. The summed E-state index contributed by atoms with van der Waals surface area (Å²) in [5, 5.41) is 14.4. The second-order valence-corrected chi connectivity index (χ2v) is 13.0. The number of anilines is 2. The molecule has 2 bridgehead atoms. The van der Waals surface area contributed by atoms with Gasteiger partial charge < -0.3 is 19.3 Å². The molecule has 0 aromatic carbocycles. The van der Waals surface area contributed by atoms with E-state index in [0.717, 1.165) is 54.3 Å². The third-order valence-corrected chi connectivity index (χ3v) is 9.47. The van der Waals surface area contributed by atoms with Crippen LogP contribution < -0.4 is 14.5 Å². The second kappa shape index (κ2) is 9.93. The van der Waals surface area contributed by atoms with Crippen LogP contribution in [0.2, 0.25) is 0 Å². The van der Waals surface area contributed by atoms with E-state index in [0.29, 0.717) is 29.4 Å². The van der Waals surface area contributed by atoms with Gasteiger partial charge in [-0.15, -0.1) is 0 Å². The Hall–Kier alpha value is -4.20. The van der Waals surface area contributed by atoms with Crippen LogP contribution in [0.4, 0.5) is 11.5 Å². The van der Waals surface area contributed by atoms with Gasteiger partial charge in [-0.05, 0) is 56.9 Å². The summed E-state index contributed by atoms with van der Waals surface area (Å²) < 4.78 is 13.5. The van der Waals surface area contributed by atoms with Crippen LogP contribution in [0.15, 0.2) is 55.1 Å². The molecule has 5 aliphatic rings. The molecule has 1 saturated carbocycles. The highest BCUT2D eigenvalue weighted by atomic mass is 16.5. The van der Waals surface area contributed by atoms with Gasteiger partial charge >= 0.3 is 0 Å². The number of fused-ring (bicyclic) bond motifs is 3. The van der Waals surface area contributed by atoms with E-state index in [1.165, 1.54) is 24.8 Å². The van der Waals surface area contributed by atoms with Crippen molar-refractivity contribution in [3.05, 3.63) is 66.2 Å². The van der Waals surface area contributed by atoms with Gasteiger partial charge in [-0.2, -0.15) is 10.4 Å². The Morgan fingerprint density at radius 3 is 2.58 bits per heavy atom. The van der Waals surface area contributed by atoms with E-state index in [-0.39, 0.29) is 11.8 Å². The summed E-state index contributed by atoms with van der Waals surface area (Å²) in [5.41, 5.74) is 5.37. The van der Waals surface area contributed by atoms with Gasteiger partial charge in [0.15, 0.2) is 0 Å². The van der Waals surface area contributed by atoms with Crippen molar-refractivity contribution in [1.82, 2.24) is 24.5 Å². The van der Waals surface area contributed by atoms with Crippen LogP contribution >= 0.6 is 0 Å². The lowest BCUT2D eigenvalue weighted by Crippen LogP contribution is -2.68. The third-order valence-electron chi connectivity index (χ3n) is 9.47. The van der Waals surface area contributed by atoms with E-state index in [1.807, 2.05) is 29.2 Å². The van der Waals surface area contributed by atoms with Gasteiger partial charge in [-0.1, -0.05) is 6.07 Å². The molecule has 0 N–H and O–H groups in total. The zero-order valence-corrected chi connectivity index (χ0v) is 24.8. The molecule has 43 heavy (non-hydrogen) atoms. The van der Waals surface area contributed by atoms with Gasteiger partial charge in [0.25, 0.3) is 0 Å². The van der Waals surface area contributed by atoms with Crippen molar-refractivity contribution >= 4 is 17.0 Å². The summed E-state index contributed by atoms with van der Waals surface area (Å²) in [6.45, 7) is 7.96. The third kappa shape index (κ3) is 4.67. The van der Waals surface area contributed by atoms with E-state index in [4.69, 9.17) is 14.5 Å². The Bertz CT molecular complexity index is 1690. The van der Waals surface area contributed by atoms with Gasteiger partial charge in [0.1, 0.15) is 18.1 Å². The predicted octanol–water partition coefficient (Wildman–Crippen LogP) is 4.49. The fraction of sp³-hybridized carbons (Fsp3) is 0.455. The van der Waals surface area contributed by atoms with Gasteiger partial charge in [0.2, 0.25) is 5.88 Å². The molecule has 4 aromatic heterocycles. The normalized spacial score (nSPS) is 24.7. The zero-order valence-electron chi connectivity index (χ0n) is 24.8. The Balaban J connectivity index is 1.04. The number of aromatic nitrogens is 4. The Morgan fingerprint density at radius 2 is 1.91 bits per heavy atom. The summed E-state index contributed by atoms with van der Waals surface area (Å²) in [4.78, 5) is 16.7. The average Bonchev–Trinajstić information content (AvgIpc) is 3.71. The molecule has 0 spiro atoms. The fourth-order valence-corrected chi connectivity index (χ4v) is 7.17. The van der Waals surface area contributed by atoms with Gasteiger partial charge in [0.05, 0.1) is 41.9 Å². The lowest BCUT2D eigenvalue weighted by Gasteiger charge is -2.56. The quantitative estimate of drug-likeness (QED) is 0.315. The van der Waals surface area contributed by atoms with Crippen LogP contribution in [0, 0.1) is 17.2 Å². The summed E-state index contributed by atoms with van der Waals surface area (Å²) in [6.07, 6.45) is 11.2. The van der Waals surface area contributed by atoms with E-state index in [2.05, 4.69) is 69.0 Å². The van der Waals surface area contributed by atoms with Crippen LogP contribution in [0.25, 0.3) is 16.6 Å². The number of rotatable bonds is 7. The molecule has 10 nitrogen and oxygen atoms in total. The number of piperazine rings is 1. The number of nitrogens with zero attached hydrogens (tertiary/aromatic N) is 8. The van der Waals surface area contributed by atoms with Crippen molar-refractivity contribution in [3.63, 3.8) is 0 Å². The van der Waals surface area contributed by atoms with Gasteiger partial charge in [-0.25, -0.2) is 14.5 Å². The van der Waals surface area contributed by atoms with Crippen molar-refractivity contribution in [2.45, 2.75) is 63.6 Å². The first kappa shape index (κ1) is 26.4. The summed E-state index contributed by atoms with van der Waals surface area (Å²) in [7, 11) is 1.64. The Kier molecular flexibility index (Phi) is 6.10. The number of nitriles is 1. The van der Waals surface area contributed by atoms with E-state index in [9.17, 15) is 5.26 Å². The van der Waals surface area contributed by atoms with Crippen molar-refractivity contribution in [2.24, 2.45) is 5.92 Å². The van der Waals surface area contributed by atoms with Crippen LogP contribution in [-0.4, -0.2) is 75.1 Å². The highest BCUT2D eigenvalue weighted by Crippen LogP contribution is 2.44. The molecule has 220 valence electrons. The maximum Gasteiger partial charge on any atom is 0.212 e. The van der Waals surface area contributed by atoms with Crippen molar-refractivity contribution in [1.29, 1.82) is 5.26 Å². The van der Waals surface area contributed by atoms with E-state index >= 15 is 0 Å². The molecule has 10 heteroatoms. The van der Waals surface area contributed by atoms with Gasteiger partial charge in [0, 0.05) is 73.8 Å². The first-order chi connectivity index (χ1) is 20.9. The topological polar surface area (TPSA) is 95.1 Å². The van der Waals surface area contributed by atoms with E-state index in [1.54, 1.807) is 13.3 Å². The van der Waals surface area contributed by atoms with Gasteiger partial charge in [-0.3, -0.25) is 4.90 Å². The second-order valence-electron chi connectivity index (χ2n) is 13.0. The predicted molar refractivity (Wildman–Crippen MR) is 163 cm³/mol. The fourth-order valence-electron chi connectivity index (χ4n) is 7.17. The van der Waals surface area contributed by atoms with Crippen LogP contribution in [0.1, 0.15) is 44.2 Å². The van der Waals surface area contributed by atoms with Crippen LogP contribution in [0.3, 0.4) is 0 Å². The minimum Gasteiger partial charge on any atom is -0.481 e. The molecular weight excluding hydrogens is 540 g/mol. The Morgan fingerprint density at radius 1 is 1.07 bits per heavy atom. The molecule has 4 saturated heterocycles. The molecule has 9 rings (SSSR count). The number of piperidine rings is 1. The summed E-state index contributed by atoms with van der Waals surface area (Å²) in [6, 6.07) is 13.8. The maximum atomic E-state index is 9.88. The van der Waals surface area contributed by atoms with Crippen molar-refractivity contribution < 1.29 is 9.47 Å². The number of pyridine rings is 3. The highest BCUT2D eigenvalue weighted by molar-refractivity contribution is 5.86. The first-order valence-corrected chi connectivity index (χ1v) is 15.2. The number of hydrogen-bond acceptors (Lipinski definition) is 9. The average molecular weight is 577 g/mol. The van der Waals surface area contributed by atoms with Crippen molar-refractivity contribution in [3.8, 4) is 23.1 Å². The number of methoxy groups -OCH3 is 1. The lowest BCUT2D eigenvalue weighted by atomic mass is 9.87. The molecule has 1 aliphatic carbocycles. The largest absolute Gasteiger partial charge is 0.481 e. The summed E-state index contributed by atoms with van der Waals surface area (Å²) in [5.74, 6) is 2.21. The van der Waals surface area contributed by atoms with Crippen LogP contribution in [-0.2, 0) is 11.3 Å². The molecular formula is C33H36N8O2. The highest BCUT2D eigenvalue weighted by Gasteiger charge is 2.47. The first-order valence-electron chi connectivity index (χ1n) is 15.2. The molecule has 0 amide bonds. The summed E-state index contributed by atoms with van der Waals surface area (Å²) >= 11 is 0. The minimum absolute atomic E-state index is 0.0675. The number of hydrogen-bond donors (Lipinski definition) is 0. The SMILES string of the molecule is COc1ccc(CN2C3CC2CN(c2ccc(-c4cc(N5CC(C)(C)OC5C5CC5)cn5ncc(C#N)c45)cn2)C3)cn1. The monoisotopic (exact) mass is 576 g/mol. The minimum atomic E-state index is -0.218. The molecule has 0 radical (unpaired) electrons. The molecule has 4 aliphatic heterocycles. The maximum absolute atomic E-state index is 9.88. The Labute approximate surface area is 251 Å². The lowest BCUT2D eigenvalue weighted by molar-refractivity contribution is -0.0196. The molecule has 4 aromatic rings. The molecule has 3 atom stereocenters. The van der Waals surface area contributed by atoms with Crippen LogP contribution in [0.5, 0.6) is 5.88 Å². The van der Waals surface area contributed by atoms with E-state index < -0.39 is 0 Å². The molecule has 3 unspecified atom stereocenters. The molecule has 5 fully saturated rings. The van der Waals surface area contributed by atoms with Crippen molar-refractivity contribution in [2.75, 3.05) is 36.5 Å².